The van der Waals surface area contributed by atoms with Crippen molar-refractivity contribution in [1.82, 2.24) is 14.0 Å². The summed E-state index contributed by atoms with van der Waals surface area (Å²) in [5.74, 6) is 0. The molecule has 0 spiro atoms. The topological polar surface area (TPSA) is 47.2 Å². The molecular weight excluding hydrogens is 266 g/mol. The molecule has 0 aliphatic heterocycles. The maximum Gasteiger partial charge on any atom is 0.330 e. The number of nitrogens with zero attached hydrogens (tertiary/aromatic N) is 3. The van der Waals surface area contributed by atoms with Gasteiger partial charge in [-0.2, -0.15) is 0 Å². The van der Waals surface area contributed by atoms with Gasteiger partial charge in [-0.15, -0.1) is 0 Å². The number of hydrogen-bond acceptors (Lipinski definition) is 3. The molecule has 1 aromatic heterocycles. The highest BCUT2D eigenvalue weighted by molar-refractivity contribution is 5.18. The van der Waals surface area contributed by atoms with Gasteiger partial charge >= 0.3 is 5.69 Å². The summed E-state index contributed by atoms with van der Waals surface area (Å²) in [4.78, 5) is 25.8. The molecule has 5 nitrogen and oxygen atoms in total. The molecule has 5 heteroatoms. The lowest BCUT2D eigenvalue weighted by Gasteiger charge is -2.25. The second kappa shape index (κ2) is 6.10. The first kappa shape index (κ1) is 15.3. The first-order valence-corrected chi connectivity index (χ1v) is 6.93. The average molecular weight is 287 g/mol. The van der Waals surface area contributed by atoms with Crippen molar-refractivity contribution in [3.05, 3.63) is 68.5 Å². The molecule has 2 aromatic rings. The Kier molecular flexibility index (Phi) is 4.43. The van der Waals surface area contributed by atoms with E-state index in [0.717, 1.165) is 4.57 Å². The Hall–Kier alpha value is -2.14. The van der Waals surface area contributed by atoms with Crippen molar-refractivity contribution in [3.63, 3.8) is 0 Å². The molecule has 1 heterocycles. The van der Waals surface area contributed by atoms with Gasteiger partial charge in [-0.1, -0.05) is 30.3 Å². The summed E-state index contributed by atoms with van der Waals surface area (Å²) in [5.41, 5.74) is 1.36. The van der Waals surface area contributed by atoms with Crippen LogP contribution in [0.3, 0.4) is 0 Å². The van der Waals surface area contributed by atoms with Gasteiger partial charge in [0.25, 0.3) is 5.56 Å². The highest BCUT2D eigenvalue weighted by Crippen LogP contribution is 2.19. The van der Waals surface area contributed by atoms with Gasteiger partial charge in [0.15, 0.2) is 0 Å². The fraction of sp³-hybridized carbons (Fsp3) is 0.375. The van der Waals surface area contributed by atoms with Gasteiger partial charge in [-0.05, 0) is 19.5 Å². The van der Waals surface area contributed by atoms with Gasteiger partial charge in [0, 0.05) is 38.4 Å². The normalized spacial score (nSPS) is 12.6. The molecule has 112 valence electrons. The van der Waals surface area contributed by atoms with E-state index in [9.17, 15) is 9.59 Å². The molecule has 0 amide bonds. The van der Waals surface area contributed by atoms with Crippen molar-refractivity contribution in [1.29, 1.82) is 0 Å². The van der Waals surface area contributed by atoms with E-state index in [1.165, 1.54) is 23.2 Å². The van der Waals surface area contributed by atoms with Crippen LogP contribution < -0.4 is 11.2 Å². The lowest BCUT2D eigenvalue weighted by atomic mass is 10.1. The molecule has 0 radical (unpaired) electrons. The summed E-state index contributed by atoms with van der Waals surface area (Å²) < 4.78 is 2.64. The van der Waals surface area contributed by atoms with Crippen LogP contribution >= 0.6 is 0 Å². The second-order valence-electron chi connectivity index (χ2n) is 5.38. The molecule has 0 aliphatic rings. The number of rotatable bonds is 4. The third kappa shape index (κ3) is 3.13. The van der Waals surface area contributed by atoms with Crippen LogP contribution in [-0.4, -0.2) is 21.1 Å². The largest absolute Gasteiger partial charge is 0.330 e. The summed E-state index contributed by atoms with van der Waals surface area (Å²) in [6.07, 6.45) is 0. The minimum Gasteiger partial charge on any atom is -0.299 e. The number of benzene rings is 1. The third-order valence-corrected chi connectivity index (χ3v) is 3.98. The fourth-order valence-electron chi connectivity index (χ4n) is 2.31. The predicted molar refractivity (Wildman–Crippen MR) is 83.2 cm³/mol. The van der Waals surface area contributed by atoms with Crippen molar-refractivity contribution < 1.29 is 0 Å². The zero-order valence-electron chi connectivity index (χ0n) is 12.9. The minimum atomic E-state index is -0.293. The molecule has 1 unspecified atom stereocenters. The first-order chi connectivity index (χ1) is 9.91. The molecular formula is C16H21N3O2. The summed E-state index contributed by atoms with van der Waals surface area (Å²) in [6, 6.07) is 11.9. The zero-order valence-corrected chi connectivity index (χ0v) is 12.9. The van der Waals surface area contributed by atoms with Crippen LogP contribution in [0.2, 0.25) is 0 Å². The van der Waals surface area contributed by atoms with Crippen molar-refractivity contribution in [2.75, 3.05) is 7.05 Å². The van der Waals surface area contributed by atoms with E-state index < -0.39 is 0 Å². The minimum absolute atomic E-state index is 0.199. The molecule has 2 rings (SSSR count). The van der Waals surface area contributed by atoms with E-state index in [0.29, 0.717) is 12.2 Å². The molecule has 0 saturated heterocycles. The van der Waals surface area contributed by atoms with E-state index in [-0.39, 0.29) is 17.3 Å². The van der Waals surface area contributed by atoms with Gasteiger partial charge in [0.2, 0.25) is 0 Å². The van der Waals surface area contributed by atoms with Crippen LogP contribution in [0.5, 0.6) is 0 Å². The Bertz CT molecular complexity index is 731. The summed E-state index contributed by atoms with van der Waals surface area (Å²) in [5, 5.41) is 0. The van der Waals surface area contributed by atoms with E-state index >= 15 is 0 Å². The summed E-state index contributed by atoms with van der Waals surface area (Å²) in [7, 11) is 5.17. The maximum atomic E-state index is 11.9. The molecule has 21 heavy (non-hydrogen) atoms. The molecule has 0 N–H and O–H groups in total. The third-order valence-electron chi connectivity index (χ3n) is 3.98. The highest BCUT2D eigenvalue weighted by atomic mass is 16.2. The Balaban J connectivity index is 2.27. The molecule has 0 fully saturated rings. The van der Waals surface area contributed by atoms with Crippen LogP contribution in [0, 0.1) is 0 Å². The SMILES string of the molecule is CC(c1ccccc1)N(C)Cc1cc(=O)n(C)c(=O)n1C. The maximum absolute atomic E-state index is 11.9. The van der Waals surface area contributed by atoms with E-state index in [4.69, 9.17) is 0 Å². The second-order valence-corrected chi connectivity index (χ2v) is 5.38. The van der Waals surface area contributed by atoms with E-state index in [1.807, 2.05) is 25.2 Å². The summed E-state index contributed by atoms with van der Waals surface area (Å²) >= 11 is 0. The lowest BCUT2D eigenvalue weighted by molar-refractivity contribution is 0.246. The Morgan fingerprint density at radius 2 is 1.71 bits per heavy atom. The Morgan fingerprint density at radius 1 is 1.10 bits per heavy atom. The van der Waals surface area contributed by atoms with Crippen molar-refractivity contribution >= 4 is 0 Å². The van der Waals surface area contributed by atoms with Crippen molar-refractivity contribution in [2.45, 2.75) is 19.5 Å². The van der Waals surface area contributed by atoms with Crippen LogP contribution in [0.1, 0.15) is 24.2 Å². The van der Waals surface area contributed by atoms with Crippen LogP contribution in [0.4, 0.5) is 0 Å². The smallest absolute Gasteiger partial charge is 0.299 e. The predicted octanol–water partition coefficient (Wildman–Crippen LogP) is 1.28. The summed E-state index contributed by atoms with van der Waals surface area (Å²) in [6.45, 7) is 2.65. The van der Waals surface area contributed by atoms with Gasteiger partial charge < -0.3 is 0 Å². The average Bonchev–Trinajstić information content (AvgIpc) is 2.50. The zero-order chi connectivity index (χ0) is 15.6. The van der Waals surface area contributed by atoms with Crippen LogP contribution in [-0.2, 0) is 20.6 Å². The van der Waals surface area contributed by atoms with Gasteiger partial charge in [0.05, 0.1) is 0 Å². The molecule has 0 aliphatic carbocycles. The number of hydrogen-bond donors (Lipinski definition) is 0. The van der Waals surface area contributed by atoms with Gasteiger partial charge in [-0.3, -0.25) is 18.8 Å². The fourth-order valence-corrected chi connectivity index (χ4v) is 2.31. The van der Waals surface area contributed by atoms with Crippen molar-refractivity contribution in [3.8, 4) is 0 Å². The molecule has 1 aromatic carbocycles. The Labute approximate surface area is 124 Å². The Morgan fingerprint density at radius 3 is 2.33 bits per heavy atom. The number of aromatic nitrogens is 2. The van der Waals surface area contributed by atoms with E-state index in [1.54, 1.807) is 7.05 Å². The molecule has 0 bridgehead atoms. The quantitative estimate of drug-likeness (QED) is 0.851. The van der Waals surface area contributed by atoms with E-state index in [2.05, 4.69) is 24.0 Å². The monoisotopic (exact) mass is 287 g/mol. The molecule has 0 saturated carbocycles. The van der Waals surface area contributed by atoms with Gasteiger partial charge in [-0.25, -0.2) is 4.79 Å². The van der Waals surface area contributed by atoms with Crippen LogP contribution in [0.25, 0.3) is 0 Å². The molecule has 1 atom stereocenters. The van der Waals surface area contributed by atoms with Gasteiger partial charge in [0.1, 0.15) is 0 Å². The first-order valence-electron chi connectivity index (χ1n) is 6.93. The standard InChI is InChI=1S/C16H21N3O2/c1-12(13-8-6-5-7-9-13)17(2)11-14-10-15(20)19(4)16(21)18(14)3/h5-10,12H,11H2,1-4H3. The van der Waals surface area contributed by atoms with Crippen LogP contribution in [0.15, 0.2) is 46.0 Å². The lowest BCUT2D eigenvalue weighted by Crippen LogP contribution is -2.39. The highest BCUT2D eigenvalue weighted by Gasteiger charge is 2.14. The van der Waals surface area contributed by atoms with Crippen molar-refractivity contribution in [2.24, 2.45) is 14.1 Å².